The van der Waals surface area contributed by atoms with Crippen molar-refractivity contribution in [1.82, 2.24) is 9.80 Å². The molecule has 0 aromatic heterocycles. The summed E-state index contributed by atoms with van der Waals surface area (Å²) in [7, 11) is 0. The van der Waals surface area contributed by atoms with Crippen molar-refractivity contribution in [3.63, 3.8) is 0 Å². The molecule has 1 spiro atoms. The van der Waals surface area contributed by atoms with Gasteiger partial charge in [-0.3, -0.25) is 14.4 Å². The summed E-state index contributed by atoms with van der Waals surface area (Å²) in [4.78, 5) is 44.8. The molecule has 8 nitrogen and oxygen atoms in total. The number of carbonyl (C=O) groups is 3. The number of likely N-dealkylation sites (tertiary alicyclic amines) is 1. The van der Waals surface area contributed by atoms with Gasteiger partial charge in [-0.25, -0.2) is 0 Å². The van der Waals surface area contributed by atoms with Crippen molar-refractivity contribution in [2.45, 2.75) is 62.9 Å². The van der Waals surface area contributed by atoms with E-state index in [1.807, 2.05) is 61.6 Å². The first-order valence-corrected chi connectivity index (χ1v) is 13.0. The largest absolute Gasteiger partial charge is 0.465 e. The number of carbonyl (C=O) groups excluding carboxylic acids is 3. The maximum absolute atomic E-state index is 14.2. The van der Waals surface area contributed by atoms with Gasteiger partial charge >= 0.3 is 5.97 Å². The molecule has 2 amide bonds. The lowest BCUT2D eigenvalue weighted by atomic mass is 9.78. The van der Waals surface area contributed by atoms with Crippen molar-refractivity contribution in [3.8, 4) is 0 Å². The average Bonchev–Trinajstić information content (AvgIpc) is 3.28. The van der Waals surface area contributed by atoms with E-state index < -0.39 is 41.6 Å². The van der Waals surface area contributed by atoms with E-state index in [1.165, 1.54) is 4.90 Å². The average molecular weight is 495 g/mol. The highest BCUT2D eigenvalue weighted by atomic mass is 16.6. The predicted molar refractivity (Wildman–Crippen MR) is 131 cm³/mol. The second kappa shape index (κ2) is 10.2. The Labute approximate surface area is 211 Å². The molecule has 2 saturated heterocycles. The molecule has 6 atom stereocenters. The Kier molecular flexibility index (Phi) is 6.99. The van der Waals surface area contributed by atoms with Gasteiger partial charge in [-0.15, -0.1) is 0 Å². The SMILES string of the molecule is CC[C@@H](CO)N1C(=O)[C@@H]2[C@H]3C(=O)OCCCC/C=C\[C@H]3O[C@@]23C=CCN(Cc2ccccc2)C(=O)C13. The predicted octanol–water partition coefficient (Wildman–Crippen LogP) is 2.22. The summed E-state index contributed by atoms with van der Waals surface area (Å²) < 4.78 is 12.2. The van der Waals surface area contributed by atoms with E-state index >= 15 is 0 Å². The standard InChI is InChI=1S/C28H34N2O6/c1-2-20(18-31)30-24-26(33)29(17-19-11-6-5-7-12-19)15-10-14-28(24)23(25(30)32)22-21(36-28)13-8-3-4-9-16-35-27(22)34/h5-8,10-14,20-24,31H,2-4,9,15-18H2,1H3/b13-8-/t20-,21+,22-,23-,24?,28-/m0/s1. The molecule has 4 aliphatic heterocycles. The number of aliphatic hydroxyl groups excluding tert-OH is 1. The number of allylic oxidation sites excluding steroid dienone is 1. The Morgan fingerprint density at radius 3 is 2.67 bits per heavy atom. The Morgan fingerprint density at radius 1 is 1.11 bits per heavy atom. The maximum atomic E-state index is 14.2. The lowest BCUT2D eigenvalue weighted by Crippen LogP contribution is -2.57. The molecule has 0 aliphatic carbocycles. The lowest BCUT2D eigenvalue weighted by molar-refractivity contribution is -0.156. The van der Waals surface area contributed by atoms with E-state index in [9.17, 15) is 19.5 Å². The van der Waals surface area contributed by atoms with Gasteiger partial charge in [-0.1, -0.05) is 61.6 Å². The van der Waals surface area contributed by atoms with Gasteiger partial charge in [0.1, 0.15) is 17.6 Å². The summed E-state index contributed by atoms with van der Waals surface area (Å²) in [6, 6.07) is 8.15. The smallest absolute Gasteiger partial charge is 0.312 e. The van der Waals surface area contributed by atoms with Gasteiger partial charge in [-0.05, 0) is 31.2 Å². The number of aliphatic hydroxyl groups is 1. The summed E-state index contributed by atoms with van der Waals surface area (Å²) in [5, 5.41) is 10.2. The zero-order valence-electron chi connectivity index (χ0n) is 20.6. The number of fused-ring (bicyclic) bond motifs is 2. The van der Waals surface area contributed by atoms with Crippen LogP contribution in [0, 0.1) is 11.8 Å². The number of hydrogen-bond donors (Lipinski definition) is 1. The van der Waals surface area contributed by atoms with Crippen LogP contribution < -0.4 is 0 Å². The van der Waals surface area contributed by atoms with Crippen LogP contribution >= 0.6 is 0 Å². The van der Waals surface area contributed by atoms with Crippen LogP contribution in [0.2, 0.25) is 0 Å². The number of amides is 2. The fraction of sp³-hybridized carbons (Fsp3) is 0.536. The van der Waals surface area contributed by atoms with E-state index in [1.54, 1.807) is 4.90 Å². The van der Waals surface area contributed by atoms with Crippen LogP contribution in [0.1, 0.15) is 38.2 Å². The minimum absolute atomic E-state index is 0.243. The third-order valence-electron chi connectivity index (χ3n) is 7.91. The topological polar surface area (TPSA) is 96.4 Å². The van der Waals surface area contributed by atoms with Crippen LogP contribution in [-0.4, -0.2) is 76.2 Å². The highest BCUT2D eigenvalue weighted by Gasteiger charge is 2.72. The molecule has 0 radical (unpaired) electrons. The zero-order chi connectivity index (χ0) is 25.3. The molecule has 1 N–H and O–H groups in total. The van der Waals surface area contributed by atoms with Crippen molar-refractivity contribution in [3.05, 3.63) is 60.2 Å². The molecule has 2 fully saturated rings. The normalized spacial score (nSPS) is 33.9. The number of benzene rings is 1. The fourth-order valence-corrected chi connectivity index (χ4v) is 6.16. The highest BCUT2D eigenvalue weighted by Crippen LogP contribution is 2.53. The lowest BCUT2D eigenvalue weighted by Gasteiger charge is -2.38. The Hall–Kier alpha value is -2.97. The van der Waals surface area contributed by atoms with Crippen LogP contribution in [0.15, 0.2) is 54.6 Å². The Morgan fingerprint density at radius 2 is 1.92 bits per heavy atom. The van der Waals surface area contributed by atoms with E-state index in [4.69, 9.17) is 9.47 Å². The molecule has 4 aliphatic rings. The summed E-state index contributed by atoms with van der Waals surface area (Å²) in [6.07, 6.45) is 9.82. The van der Waals surface area contributed by atoms with Crippen molar-refractivity contribution in [2.75, 3.05) is 19.8 Å². The number of rotatable bonds is 5. The highest BCUT2D eigenvalue weighted by molar-refractivity contribution is 5.99. The van der Waals surface area contributed by atoms with Crippen molar-refractivity contribution >= 4 is 17.8 Å². The molecule has 1 aromatic rings. The van der Waals surface area contributed by atoms with Gasteiger partial charge in [0.05, 0.1) is 31.3 Å². The third kappa shape index (κ3) is 4.06. The van der Waals surface area contributed by atoms with Gasteiger partial charge in [0.15, 0.2) is 0 Å². The first-order chi connectivity index (χ1) is 17.5. The van der Waals surface area contributed by atoms with Crippen molar-refractivity contribution in [2.24, 2.45) is 11.8 Å². The Bertz CT molecular complexity index is 1050. The first kappa shape index (κ1) is 24.7. The van der Waals surface area contributed by atoms with Gasteiger partial charge < -0.3 is 24.4 Å². The second-order valence-electron chi connectivity index (χ2n) is 10.0. The molecule has 192 valence electrons. The van der Waals surface area contributed by atoms with Crippen LogP contribution in [0.3, 0.4) is 0 Å². The molecule has 4 heterocycles. The summed E-state index contributed by atoms with van der Waals surface area (Å²) in [5.41, 5.74) is -0.334. The molecule has 8 heteroatoms. The monoisotopic (exact) mass is 494 g/mol. The molecule has 1 aromatic carbocycles. The molecule has 0 bridgehead atoms. The third-order valence-corrected chi connectivity index (χ3v) is 7.91. The second-order valence-corrected chi connectivity index (χ2v) is 10.0. The minimum Gasteiger partial charge on any atom is -0.465 e. The Balaban J connectivity index is 1.59. The van der Waals surface area contributed by atoms with Gasteiger partial charge in [-0.2, -0.15) is 0 Å². The molecular weight excluding hydrogens is 460 g/mol. The summed E-state index contributed by atoms with van der Waals surface area (Å²) >= 11 is 0. The zero-order valence-corrected chi connectivity index (χ0v) is 20.6. The van der Waals surface area contributed by atoms with Gasteiger partial charge in [0.25, 0.3) is 0 Å². The van der Waals surface area contributed by atoms with Gasteiger partial charge in [0.2, 0.25) is 11.8 Å². The quantitative estimate of drug-likeness (QED) is 0.498. The minimum atomic E-state index is -1.31. The van der Waals surface area contributed by atoms with Crippen molar-refractivity contribution in [1.29, 1.82) is 0 Å². The molecule has 0 saturated carbocycles. The van der Waals surface area contributed by atoms with Crippen molar-refractivity contribution < 1.29 is 29.0 Å². The van der Waals surface area contributed by atoms with Crippen LogP contribution in [0.5, 0.6) is 0 Å². The maximum Gasteiger partial charge on any atom is 0.312 e. The number of nitrogens with zero attached hydrogens (tertiary/aromatic N) is 2. The van der Waals surface area contributed by atoms with Gasteiger partial charge in [0, 0.05) is 13.1 Å². The number of esters is 1. The van der Waals surface area contributed by atoms with E-state index in [2.05, 4.69) is 0 Å². The number of hydrogen-bond acceptors (Lipinski definition) is 6. The van der Waals surface area contributed by atoms with Crippen LogP contribution in [0.4, 0.5) is 0 Å². The van der Waals surface area contributed by atoms with E-state index in [0.29, 0.717) is 26.1 Å². The van der Waals surface area contributed by atoms with Crippen LogP contribution in [0.25, 0.3) is 0 Å². The van der Waals surface area contributed by atoms with E-state index in [-0.39, 0.29) is 18.4 Å². The molecular formula is C28H34N2O6. The molecule has 1 unspecified atom stereocenters. The summed E-state index contributed by atoms with van der Waals surface area (Å²) in [5.74, 6) is -2.80. The van der Waals surface area contributed by atoms with E-state index in [0.717, 1.165) is 24.8 Å². The number of ether oxygens (including phenoxy) is 2. The number of cyclic esters (lactones) is 1. The first-order valence-electron chi connectivity index (χ1n) is 13.0. The molecule has 5 rings (SSSR count). The summed E-state index contributed by atoms with van der Waals surface area (Å²) in [6.45, 7) is 2.63. The molecule has 36 heavy (non-hydrogen) atoms. The fourth-order valence-electron chi connectivity index (χ4n) is 6.16. The van der Waals surface area contributed by atoms with Crippen LogP contribution in [-0.2, 0) is 30.4 Å².